The fourth-order valence-corrected chi connectivity index (χ4v) is 1.96. The molecule has 0 amide bonds. The molecule has 1 heterocycles. The molecule has 1 saturated heterocycles. The van der Waals surface area contributed by atoms with E-state index >= 15 is 0 Å². The lowest BCUT2D eigenvalue weighted by atomic mass is 9.90. The van der Waals surface area contributed by atoms with Gasteiger partial charge in [0.2, 0.25) is 0 Å². The summed E-state index contributed by atoms with van der Waals surface area (Å²) in [6, 6.07) is 10.8. The van der Waals surface area contributed by atoms with Crippen LogP contribution in [-0.4, -0.2) is 13.1 Å². The van der Waals surface area contributed by atoms with Gasteiger partial charge in [0.25, 0.3) is 0 Å². The molecule has 2 rings (SSSR count). The van der Waals surface area contributed by atoms with Crippen LogP contribution in [0.25, 0.3) is 0 Å². The van der Waals surface area contributed by atoms with Gasteiger partial charge in [0, 0.05) is 12.5 Å². The summed E-state index contributed by atoms with van der Waals surface area (Å²) in [5.74, 6) is 1.51. The SMILES string of the molecule is C[C@@H]1CNC[C@@H]1c1ccccc1. The van der Waals surface area contributed by atoms with Crippen molar-refractivity contribution in [2.24, 2.45) is 5.92 Å². The summed E-state index contributed by atoms with van der Waals surface area (Å²) in [5, 5.41) is 3.42. The Hall–Kier alpha value is -0.820. The van der Waals surface area contributed by atoms with Gasteiger partial charge in [0.05, 0.1) is 0 Å². The van der Waals surface area contributed by atoms with Crippen molar-refractivity contribution >= 4 is 0 Å². The lowest BCUT2D eigenvalue weighted by Crippen LogP contribution is -2.07. The molecule has 0 aliphatic carbocycles. The lowest BCUT2D eigenvalue weighted by Gasteiger charge is -2.13. The predicted octanol–water partition coefficient (Wildman–Crippen LogP) is 2.01. The first-order valence-electron chi connectivity index (χ1n) is 4.63. The number of hydrogen-bond donors (Lipinski definition) is 1. The highest BCUT2D eigenvalue weighted by Gasteiger charge is 2.23. The number of nitrogens with one attached hydrogen (secondary N) is 1. The second-order valence-electron chi connectivity index (χ2n) is 3.65. The van der Waals surface area contributed by atoms with Crippen molar-refractivity contribution in [2.45, 2.75) is 12.8 Å². The molecule has 2 atom stereocenters. The molecule has 1 aliphatic heterocycles. The molecule has 1 N–H and O–H groups in total. The minimum Gasteiger partial charge on any atom is -0.316 e. The van der Waals surface area contributed by atoms with Gasteiger partial charge in [-0.15, -0.1) is 0 Å². The van der Waals surface area contributed by atoms with Gasteiger partial charge in [0.1, 0.15) is 0 Å². The van der Waals surface area contributed by atoms with Gasteiger partial charge in [-0.2, -0.15) is 0 Å². The largest absolute Gasteiger partial charge is 0.316 e. The fourth-order valence-electron chi connectivity index (χ4n) is 1.96. The van der Waals surface area contributed by atoms with E-state index in [1.165, 1.54) is 12.1 Å². The number of hydrogen-bond acceptors (Lipinski definition) is 1. The third-order valence-electron chi connectivity index (χ3n) is 2.75. The molecule has 0 bridgehead atoms. The molecule has 1 aliphatic rings. The van der Waals surface area contributed by atoms with E-state index in [1.54, 1.807) is 0 Å². The first-order valence-corrected chi connectivity index (χ1v) is 4.63. The number of rotatable bonds is 1. The van der Waals surface area contributed by atoms with Gasteiger partial charge in [0.15, 0.2) is 0 Å². The van der Waals surface area contributed by atoms with Crippen molar-refractivity contribution in [3.63, 3.8) is 0 Å². The Morgan fingerprint density at radius 1 is 1.17 bits per heavy atom. The van der Waals surface area contributed by atoms with Gasteiger partial charge >= 0.3 is 0 Å². The van der Waals surface area contributed by atoms with E-state index in [4.69, 9.17) is 0 Å². The highest BCUT2D eigenvalue weighted by atomic mass is 14.9. The summed E-state index contributed by atoms with van der Waals surface area (Å²) in [5.41, 5.74) is 1.48. The van der Waals surface area contributed by atoms with Gasteiger partial charge in [-0.3, -0.25) is 0 Å². The van der Waals surface area contributed by atoms with Gasteiger partial charge in [-0.1, -0.05) is 37.3 Å². The van der Waals surface area contributed by atoms with Crippen LogP contribution in [0.15, 0.2) is 30.3 Å². The monoisotopic (exact) mass is 161 g/mol. The molecule has 0 radical (unpaired) electrons. The minimum absolute atomic E-state index is 0.728. The zero-order valence-corrected chi connectivity index (χ0v) is 7.46. The van der Waals surface area contributed by atoms with E-state index in [2.05, 4.69) is 42.6 Å². The van der Waals surface area contributed by atoms with Crippen LogP contribution >= 0.6 is 0 Å². The summed E-state index contributed by atoms with van der Waals surface area (Å²) >= 11 is 0. The van der Waals surface area contributed by atoms with E-state index in [1.807, 2.05) is 0 Å². The van der Waals surface area contributed by atoms with Crippen molar-refractivity contribution in [1.29, 1.82) is 0 Å². The van der Waals surface area contributed by atoms with Crippen LogP contribution in [0.1, 0.15) is 18.4 Å². The molecule has 1 aromatic rings. The zero-order chi connectivity index (χ0) is 8.39. The van der Waals surface area contributed by atoms with Gasteiger partial charge < -0.3 is 5.32 Å². The second kappa shape index (κ2) is 3.28. The Morgan fingerprint density at radius 3 is 2.50 bits per heavy atom. The van der Waals surface area contributed by atoms with E-state index in [0.717, 1.165) is 18.4 Å². The quantitative estimate of drug-likeness (QED) is 0.664. The normalized spacial score (nSPS) is 29.1. The standard InChI is InChI=1S/C11H15N/c1-9-7-12-8-11(9)10-5-3-2-4-6-10/h2-6,9,11-12H,7-8H2,1H3/t9-,11+/m1/s1. The van der Waals surface area contributed by atoms with Gasteiger partial charge in [-0.25, -0.2) is 0 Å². The third-order valence-corrected chi connectivity index (χ3v) is 2.75. The fraction of sp³-hybridized carbons (Fsp3) is 0.455. The summed E-state index contributed by atoms with van der Waals surface area (Å²) in [4.78, 5) is 0. The van der Waals surface area contributed by atoms with Crippen LogP contribution in [0.2, 0.25) is 0 Å². The summed E-state index contributed by atoms with van der Waals surface area (Å²) in [6.07, 6.45) is 0. The third kappa shape index (κ3) is 1.37. The molecular formula is C11H15N. The molecule has 12 heavy (non-hydrogen) atoms. The van der Waals surface area contributed by atoms with Crippen LogP contribution < -0.4 is 5.32 Å². The van der Waals surface area contributed by atoms with Crippen molar-refractivity contribution < 1.29 is 0 Å². The maximum Gasteiger partial charge on any atom is 0.00233 e. The van der Waals surface area contributed by atoms with Crippen LogP contribution in [0.3, 0.4) is 0 Å². The van der Waals surface area contributed by atoms with E-state index in [0.29, 0.717) is 0 Å². The minimum atomic E-state index is 0.728. The molecule has 64 valence electrons. The Kier molecular flexibility index (Phi) is 2.13. The lowest BCUT2D eigenvalue weighted by molar-refractivity contribution is 0.572. The summed E-state index contributed by atoms with van der Waals surface area (Å²) in [7, 11) is 0. The van der Waals surface area contributed by atoms with Crippen molar-refractivity contribution in [3.05, 3.63) is 35.9 Å². The number of benzene rings is 1. The summed E-state index contributed by atoms with van der Waals surface area (Å²) in [6.45, 7) is 4.63. The highest BCUT2D eigenvalue weighted by molar-refractivity contribution is 5.21. The van der Waals surface area contributed by atoms with Crippen molar-refractivity contribution in [1.82, 2.24) is 5.32 Å². The molecule has 1 heteroatoms. The smallest absolute Gasteiger partial charge is 0.00233 e. The molecule has 0 spiro atoms. The van der Waals surface area contributed by atoms with Gasteiger partial charge in [-0.05, 0) is 18.0 Å². The van der Waals surface area contributed by atoms with E-state index in [9.17, 15) is 0 Å². The Bertz CT molecular complexity index is 242. The molecule has 1 nitrogen and oxygen atoms in total. The first-order chi connectivity index (χ1) is 5.88. The average Bonchev–Trinajstić information content (AvgIpc) is 2.53. The molecule has 0 aromatic heterocycles. The maximum absolute atomic E-state index is 3.42. The molecule has 0 saturated carbocycles. The van der Waals surface area contributed by atoms with Crippen LogP contribution in [0.5, 0.6) is 0 Å². The van der Waals surface area contributed by atoms with E-state index < -0.39 is 0 Å². The van der Waals surface area contributed by atoms with E-state index in [-0.39, 0.29) is 0 Å². The molecule has 0 unspecified atom stereocenters. The summed E-state index contributed by atoms with van der Waals surface area (Å²) < 4.78 is 0. The highest BCUT2D eigenvalue weighted by Crippen LogP contribution is 2.26. The topological polar surface area (TPSA) is 12.0 Å². The van der Waals surface area contributed by atoms with Crippen molar-refractivity contribution in [3.8, 4) is 0 Å². The Balaban J connectivity index is 2.19. The Morgan fingerprint density at radius 2 is 1.92 bits per heavy atom. The Labute approximate surface area is 73.8 Å². The average molecular weight is 161 g/mol. The van der Waals surface area contributed by atoms with Crippen LogP contribution in [0.4, 0.5) is 0 Å². The van der Waals surface area contributed by atoms with Crippen LogP contribution in [0, 0.1) is 5.92 Å². The molecular weight excluding hydrogens is 146 g/mol. The first kappa shape index (κ1) is 7.81. The zero-order valence-electron chi connectivity index (χ0n) is 7.46. The second-order valence-corrected chi connectivity index (χ2v) is 3.65. The molecule has 1 fully saturated rings. The predicted molar refractivity (Wildman–Crippen MR) is 51.2 cm³/mol. The van der Waals surface area contributed by atoms with Crippen molar-refractivity contribution in [2.75, 3.05) is 13.1 Å². The maximum atomic E-state index is 3.42. The van der Waals surface area contributed by atoms with Crippen LogP contribution in [-0.2, 0) is 0 Å². The molecule has 1 aromatic carbocycles.